The number of nitrogens with zero attached hydrogens (tertiary/aromatic N) is 6. The van der Waals surface area contributed by atoms with Crippen LogP contribution < -0.4 is 5.32 Å². The van der Waals surface area contributed by atoms with Gasteiger partial charge in [-0.15, -0.1) is 0 Å². The molecule has 4 heterocycles. The summed E-state index contributed by atoms with van der Waals surface area (Å²) in [5.74, 6) is 0.433. The van der Waals surface area contributed by atoms with Crippen molar-refractivity contribution in [3.8, 4) is 0 Å². The van der Waals surface area contributed by atoms with Crippen LogP contribution in [-0.2, 0) is 26.6 Å². The van der Waals surface area contributed by atoms with Crippen molar-refractivity contribution in [3.63, 3.8) is 0 Å². The largest absolute Gasteiger partial charge is 0.345 e. The molecule has 1 aliphatic heterocycles. The molecule has 0 aromatic carbocycles. The molecule has 8 heteroatoms. The second-order valence-corrected chi connectivity index (χ2v) is 6.33. The van der Waals surface area contributed by atoms with E-state index in [9.17, 15) is 4.79 Å². The van der Waals surface area contributed by atoms with E-state index in [1.807, 2.05) is 13.2 Å². The summed E-state index contributed by atoms with van der Waals surface area (Å²) >= 11 is 0. The Morgan fingerprint density at radius 2 is 2.12 bits per heavy atom. The molecule has 1 aliphatic rings. The summed E-state index contributed by atoms with van der Waals surface area (Å²) in [4.78, 5) is 27.8. The predicted molar refractivity (Wildman–Crippen MR) is 91.7 cm³/mol. The fraction of sp³-hybridized carbons (Fsp3) is 0.353. The minimum atomic E-state index is -0.198. The molecule has 0 spiro atoms. The number of fused-ring (bicyclic) bond motifs is 2. The first-order valence-electron chi connectivity index (χ1n) is 8.18. The van der Waals surface area contributed by atoms with Crippen molar-refractivity contribution < 1.29 is 4.79 Å². The number of carbonyl (C=O) groups is 1. The maximum atomic E-state index is 12.4. The number of pyridine rings is 1. The molecule has 4 rings (SSSR count). The number of amides is 1. The van der Waals surface area contributed by atoms with Crippen molar-refractivity contribution in [2.75, 3.05) is 13.6 Å². The van der Waals surface area contributed by atoms with Gasteiger partial charge >= 0.3 is 0 Å². The van der Waals surface area contributed by atoms with Crippen LogP contribution in [0.2, 0.25) is 0 Å². The van der Waals surface area contributed by atoms with Crippen molar-refractivity contribution in [1.29, 1.82) is 0 Å². The van der Waals surface area contributed by atoms with Gasteiger partial charge in [-0.2, -0.15) is 5.10 Å². The first kappa shape index (κ1) is 15.6. The topological polar surface area (TPSA) is 88.8 Å². The van der Waals surface area contributed by atoms with E-state index in [2.05, 4.69) is 37.3 Å². The second kappa shape index (κ2) is 6.21. The fourth-order valence-corrected chi connectivity index (χ4v) is 3.00. The van der Waals surface area contributed by atoms with E-state index in [0.29, 0.717) is 17.9 Å². The minimum absolute atomic E-state index is 0.198. The third kappa shape index (κ3) is 3.08. The highest BCUT2D eigenvalue weighted by Crippen LogP contribution is 2.15. The van der Waals surface area contributed by atoms with E-state index < -0.39 is 0 Å². The number of hydrogen-bond donors (Lipinski definition) is 1. The maximum Gasteiger partial charge on any atom is 0.253 e. The summed E-state index contributed by atoms with van der Waals surface area (Å²) in [6.07, 6.45) is 6.01. The molecule has 0 bridgehead atoms. The highest BCUT2D eigenvalue weighted by Gasteiger charge is 2.16. The zero-order chi connectivity index (χ0) is 17.4. The Labute approximate surface area is 144 Å². The zero-order valence-electron chi connectivity index (χ0n) is 14.2. The van der Waals surface area contributed by atoms with Crippen LogP contribution in [0.15, 0.2) is 24.7 Å². The molecule has 1 amide bonds. The van der Waals surface area contributed by atoms with Gasteiger partial charge in [0.05, 0.1) is 23.8 Å². The standard InChI is InChI=1S/C17H19N7O/c1-23-4-3-13-12(10-23)7-19-16(22-13)9-20-17(25)11-5-15-14(18-6-11)8-21-24(15)2/h5-8H,3-4,9-10H2,1-2H3,(H,20,25). The van der Waals surface area contributed by atoms with Crippen LogP contribution in [0.5, 0.6) is 0 Å². The summed E-state index contributed by atoms with van der Waals surface area (Å²) in [7, 11) is 3.91. The quantitative estimate of drug-likeness (QED) is 0.756. The highest BCUT2D eigenvalue weighted by atomic mass is 16.1. The van der Waals surface area contributed by atoms with Gasteiger partial charge in [-0.05, 0) is 13.1 Å². The molecule has 128 valence electrons. The maximum absolute atomic E-state index is 12.4. The average molecular weight is 337 g/mol. The number of aromatic nitrogens is 5. The Hall–Kier alpha value is -2.87. The molecule has 0 unspecified atom stereocenters. The molecule has 0 saturated carbocycles. The van der Waals surface area contributed by atoms with Crippen LogP contribution in [0.4, 0.5) is 0 Å². The average Bonchev–Trinajstić information content (AvgIpc) is 3.00. The van der Waals surface area contributed by atoms with Crippen molar-refractivity contribution in [3.05, 3.63) is 47.3 Å². The van der Waals surface area contributed by atoms with Gasteiger partial charge < -0.3 is 10.2 Å². The number of aryl methyl sites for hydroxylation is 1. The molecule has 25 heavy (non-hydrogen) atoms. The van der Waals surface area contributed by atoms with Gasteiger partial charge in [-0.3, -0.25) is 14.5 Å². The van der Waals surface area contributed by atoms with Gasteiger partial charge in [0.15, 0.2) is 0 Å². The molecule has 0 atom stereocenters. The van der Waals surface area contributed by atoms with Crippen LogP contribution in [-0.4, -0.2) is 49.1 Å². The fourth-order valence-electron chi connectivity index (χ4n) is 3.00. The van der Waals surface area contributed by atoms with Crippen LogP contribution in [0, 0.1) is 0 Å². The van der Waals surface area contributed by atoms with Crippen molar-refractivity contribution in [1.82, 2.24) is 34.9 Å². The van der Waals surface area contributed by atoms with Crippen LogP contribution in [0.1, 0.15) is 27.4 Å². The van der Waals surface area contributed by atoms with E-state index in [1.54, 1.807) is 23.1 Å². The third-order valence-electron chi connectivity index (χ3n) is 4.44. The molecule has 1 N–H and O–H groups in total. The Morgan fingerprint density at radius 1 is 1.24 bits per heavy atom. The Kier molecular flexibility index (Phi) is 3.89. The Morgan fingerprint density at radius 3 is 3.00 bits per heavy atom. The molecule has 3 aromatic rings. The molecular weight excluding hydrogens is 318 g/mol. The monoisotopic (exact) mass is 337 g/mol. The predicted octanol–water partition coefficient (Wildman–Crippen LogP) is 0.676. The van der Waals surface area contributed by atoms with Crippen LogP contribution in [0.3, 0.4) is 0 Å². The molecule has 0 radical (unpaired) electrons. The summed E-state index contributed by atoms with van der Waals surface area (Å²) < 4.78 is 1.70. The van der Waals surface area contributed by atoms with E-state index in [4.69, 9.17) is 0 Å². The Bertz CT molecular complexity index is 949. The van der Waals surface area contributed by atoms with Gasteiger partial charge in [0.2, 0.25) is 0 Å². The van der Waals surface area contributed by atoms with Gasteiger partial charge in [0, 0.05) is 50.2 Å². The lowest BCUT2D eigenvalue weighted by molar-refractivity contribution is 0.0949. The smallest absolute Gasteiger partial charge is 0.253 e. The summed E-state index contributed by atoms with van der Waals surface area (Å²) in [6.45, 7) is 2.16. The summed E-state index contributed by atoms with van der Waals surface area (Å²) in [6, 6.07) is 1.79. The second-order valence-electron chi connectivity index (χ2n) is 6.33. The van der Waals surface area contributed by atoms with E-state index in [0.717, 1.165) is 41.8 Å². The first-order chi connectivity index (χ1) is 12.1. The van der Waals surface area contributed by atoms with E-state index >= 15 is 0 Å². The molecule has 0 saturated heterocycles. The number of hydrogen-bond acceptors (Lipinski definition) is 6. The normalized spacial score (nSPS) is 14.5. The van der Waals surface area contributed by atoms with Gasteiger partial charge in [0.1, 0.15) is 11.3 Å². The molecular formula is C17H19N7O. The lowest BCUT2D eigenvalue weighted by Gasteiger charge is -2.23. The lowest BCUT2D eigenvalue weighted by Crippen LogP contribution is -2.29. The van der Waals surface area contributed by atoms with Gasteiger partial charge in [0.25, 0.3) is 5.91 Å². The number of rotatable bonds is 3. The van der Waals surface area contributed by atoms with Crippen LogP contribution >= 0.6 is 0 Å². The van der Waals surface area contributed by atoms with Gasteiger partial charge in [-0.25, -0.2) is 9.97 Å². The first-order valence-corrected chi connectivity index (χ1v) is 8.18. The molecule has 3 aromatic heterocycles. The van der Waals surface area contributed by atoms with Gasteiger partial charge in [-0.1, -0.05) is 0 Å². The molecule has 0 aliphatic carbocycles. The van der Waals surface area contributed by atoms with Crippen LogP contribution in [0.25, 0.3) is 11.0 Å². The third-order valence-corrected chi connectivity index (χ3v) is 4.44. The summed E-state index contributed by atoms with van der Waals surface area (Å²) in [5, 5.41) is 7.00. The van der Waals surface area contributed by atoms with E-state index in [1.165, 1.54) is 0 Å². The van der Waals surface area contributed by atoms with Crippen molar-refractivity contribution in [2.24, 2.45) is 7.05 Å². The van der Waals surface area contributed by atoms with Crippen molar-refractivity contribution >= 4 is 16.9 Å². The zero-order valence-corrected chi connectivity index (χ0v) is 14.2. The minimum Gasteiger partial charge on any atom is -0.345 e. The number of likely N-dealkylation sites (N-methyl/N-ethyl adjacent to an activating group) is 1. The summed E-state index contributed by atoms with van der Waals surface area (Å²) in [5.41, 5.74) is 4.32. The SMILES string of the molecule is CN1CCc2nc(CNC(=O)c3cnc4cnn(C)c4c3)ncc2C1. The molecule has 0 fully saturated rings. The van der Waals surface area contributed by atoms with Crippen molar-refractivity contribution in [2.45, 2.75) is 19.5 Å². The highest BCUT2D eigenvalue weighted by molar-refractivity contribution is 5.96. The number of carbonyl (C=O) groups excluding carboxylic acids is 1. The Balaban J connectivity index is 1.47. The molecule has 8 nitrogen and oxygen atoms in total. The number of nitrogens with one attached hydrogen (secondary N) is 1. The van der Waals surface area contributed by atoms with E-state index in [-0.39, 0.29) is 5.91 Å². The lowest BCUT2D eigenvalue weighted by atomic mass is 10.1.